The summed E-state index contributed by atoms with van der Waals surface area (Å²) in [6.45, 7) is 2.52. The van der Waals surface area contributed by atoms with Crippen LogP contribution in [0, 0.1) is 0 Å². The standard InChI is InChI=1S/C19H19N3O4S2/c1-2-26-16-8-6-14(7-9-16)19-22-17(11-27-19)18(23)21-15-5-3-4-13(10-15)12-28(20,24)25/h3-11H,2,12H2,1H3,(H,21,23)(H2,20,24,25). The van der Waals surface area contributed by atoms with Gasteiger partial charge in [-0.1, -0.05) is 12.1 Å². The Kier molecular flexibility index (Phi) is 6.08. The van der Waals surface area contributed by atoms with Crippen molar-refractivity contribution < 1.29 is 17.9 Å². The van der Waals surface area contributed by atoms with E-state index in [-0.39, 0.29) is 17.4 Å². The Bertz CT molecular complexity index is 1080. The fraction of sp³-hybridized carbons (Fsp3) is 0.158. The molecule has 1 aromatic heterocycles. The molecule has 9 heteroatoms. The number of thiazole rings is 1. The molecule has 0 saturated carbocycles. The van der Waals surface area contributed by atoms with Gasteiger partial charge in [-0.2, -0.15) is 0 Å². The minimum absolute atomic E-state index is 0.283. The van der Waals surface area contributed by atoms with Crippen molar-refractivity contribution in [3.05, 3.63) is 65.2 Å². The van der Waals surface area contributed by atoms with E-state index in [1.807, 2.05) is 31.2 Å². The first kappa shape index (κ1) is 20.0. The summed E-state index contributed by atoms with van der Waals surface area (Å²) in [5.41, 5.74) is 2.14. The van der Waals surface area contributed by atoms with Crippen LogP contribution in [0.25, 0.3) is 10.6 Å². The van der Waals surface area contributed by atoms with Crippen LogP contribution in [-0.4, -0.2) is 25.9 Å². The molecule has 0 saturated heterocycles. The number of anilines is 1. The summed E-state index contributed by atoms with van der Waals surface area (Å²) < 4.78 is 27.9. The maximum absolute atomic E-state index is 12.5. The first-order valence-corrected chi connectivity index (χ1v) is 11.0. The molecule has 0 aliphatic carbocycles. The molecule has 3 N–H and O–H groups in total. The topological polar surface area (TPSA) is 111 Å². The smallest absolute Gasteiger partial charge is 0.275 e. The zero-order chi connectivity index (χ0) is 20.1. The van der Waals surface area contributed by atoms with Gasteiger partial charge < -0.3 is 10.1 Å². The van der Waals surface area contributed by atoms with E-state index in [9.17, 15) is 13.2 Å². The average Bonchev–Trinajstić information content (AvgIpc) is 3.12. The fourth-order valence-electron chi connectivity index (χ4n) is 2.54. The third kappa shape index (κ3) is 5.38. The predicted molar refractivity (Wildman–Crippen MR) is 110 cm³/mol. The van der Waals surface area contributed by atoms with Gasteiger partial charge in [0.15, 0.2) is 0 Å². The van der Waals surface area contributed by atoms with Gasteiger partial charge in [0.25, 0.3) is 5.91 Å². The quantitative estimate of drug-likeness (QED) is 0.613. The third-order valence-corrected chi connectivity index (χ3v) is 5.33. The first-order chi connectivity index (χ1) is 13.3. The maximum atomic E-state index is 12.5. The third-order valence-electron chi connectivity index (χ3n) is 3.70. The number of hydrogen-bond acceptors (Lipinski definition) is 6. The number of carbonyl (C=O) groups is 1. The van der Waals surface area contributed by atoms with E-state index in [1.165, 1.54) is 11.3 Å². The molecular formula is C19H19N3O4S2. The van der Waals surface area contributed by atoms with E-state index in [4.69, 9.17) is 9.88 Å². The minimum Gasteiger partial charge on any atom is -0.494 e. The second-order valence-electron chi connectivity index (χ2n) is 5.96. The number of nitrogens with two attached hydrogens (primary N) is 1. The lowest BCUT2D eigenvalue weighted by Crippen LogP contribution is -2.15. The number of benzene rings is 2. The molecule has 0 fully saturated rings. The predicted octanol–water partition coefficient (Wildman–Crippen LogP) is 3.25. The molecule has 7 nitrogen and oxygen atoms in total. The summed E-state index contributed by atoms with van der Waals surface area (Å²) in [6, 6.07) is 14.0. The molecule has 28 heavy (non-hydrogen) atoms. The Morgan fingerprint density at radius 1 is 1.21 bits per heavy atom. The Hall–Kier alpha value is -2.75. The van der Waals surface area contributed by atoms with Gasteiger partial charge in [-0.15, -0.1) is 11.3 Å². The molecule has 1 amide bonds. The summed E-state index contributed by atoms with van der Waals surface area (Å²) >= 11 is 1.36. The molecule has 0 aliphatic rings. The summed E-state index contributed by atoms with van der Waals surface area (Å²) in [5.74, 6) is 0.108. The number of hydrogen-bond donors (Lipinski definition) is 2. The van der Waals surface area contributed by atoms with Crippen molar-refractivity contribution in [2.24, 2.45) is 5.14 Å². The second-order valence-corrected chi connectivity index (χ2v) is 8.43. The zero-order valence-corrected chi connectivity index (χ0v) is 16.7. The number of amides is 1. The highest BCUT2D eigenvalue weighted by Crippen LogP contribution is 2.26. The van der Waals surface area contributed by atoms with E-state index < -0.39 is 10.0 Å². The lowest BCUT2D eigenvalue weighted by Gasteiger charge is -2.06. The Morgan fingerprint density at radius 3 is 2.64 bits per heavy atom. The molecule has 0 bridgehead atoms. The van der Waals surface area contributed by atoms with Gasteiger partial charge in [0, 0.05) is 16.6 Å². The lowest BCUT2D eigenvalue weighted by molar-refractivity contribution is 0.102. The van der Waals surface area contributed by atoms with Crippen LogP contribution in [0.2, 0.25) is 0 Å². The van der Waals surface area contributed by atoms with E-state index in [1.54, 1.807) is 29.6 Å². The van der Waals surface area contributed by atoms with Gasteiger partial charge in [0.05, 0.1) is 12.4 Å². The fourth-order valence-corrected chi connectivity index (χ4v) is 3.99. The van der Waals surface area contributed by atoms with Crippen molar-refractivity contribution in [3.63, 3.8) is 0 Å². The van der Waals surface area contributed by atoms with Crippen LogP contribution in [0.1, 0.15) is 23.0 Å². The number of primary sulfonamides is 1. The molecule has 0 unspecified atom stereocenters. The molecule has 0 aliphatic heterocycles. The van der Waals surface area contributed by atoms with E-state index in [0.29, 0.717) is 17.9 Å². The summed E-state index contributed by atoms with van der Waals surface area (Å²) in [4.78, 5) is 16.8. The number of nitrogens with zero attached hydrogens (tertiary/aromatic N) is 1. The number of ether oxygens (including phenoxy) is 1. The highest BCUT2D eigenvalue weighted by atomic mass is 32.2. The van der Waals surface area contributed by atoms with Crippen molar-refractivity contribution in [2.75, 3.05) is 11.9 Å². The molecule has 0 atom stereocenters. The van der Waals surface area contributed by atoms with Crippen molar-refractivity contribution in [3.8, 4) is 16.3 Å². The number of aromatic nitrogens is 1. The Labute approximate surface area is 167 Å². The van der Waals surface area contributed by atoms with Gasteiger partial charge >= 0.3 is 0 Å². The normalized spacial score (nSPS) is 11.2. The molecule has 0 radical (unpaired) electrons. The van der Waals surface area contributed by atoms with Crippen molar-refractivity contribution in [1.82, 2.24) is 4.98 Å². The van der Waals surface area contributed by atoms with Gasteiger partial charge in [0.2, 0.25) is 10.0 Å². The molecule has 3 aromatic rings. The molecule has 3 rings (SSSR count). The van der Waals surface area contributed by atoms with E-state index in [2.05, 4.69) is 10.3 Å². The van der Waals surface area contributed by atoms with Gasteiger partial charge in [-0.3, -0.25) is 4.79 Å². The van der Waals surface area contributed by atoms with Crippen LogP contribution in [0.15, 0.2) is 53.9 Å². The molecule has 2 aromatic carbocycles. The van der Waals surface area contributed by atoms with Gasteiger partial charge in [-0.05, 0) is 48.9 Å². The van der Waals surface area contributed by atoms with Crippen molar-refractivity contribution in [2.45, 2.75) is 12.7 Å². The largest absolute Gasteiger partial charge is 0.494 e. The van der Waals surface area contributed by atoms with Crippen molar-refractivity contribution in [1.29, 1.82) is 0 Å². The Morgan fingerprint density at radius 2 is 1.96 bits per heavy atom. The van der Waals surface area contributed by atoms with Crippen LogP contribution in [-0.2, 0) is 15.8 Å². The average molecular weight is 418 g/mol. The Balaban J connectivity index is 1.71. The second kappa shape index (κ2) is 8.51. The molecule has 0 spiro atoms. The SMILES string of the molecule is CCOc1ccc(-c2nc(C(=O)Nc3cccc(CS(N)(=O)=O)c3)cs2)cc1. The number of nitrogens with one attached hydrogen (secondary N) is 1. The lowest BCUT2D eigenvalue weighted by atomic mass is 10.2. The van der Waals surface area contributed by atoms with Crippen LogP contribution < -0.4 is 15.2 Å². The van der Waals surface area contributed by atoms with Gasteiger partial charge in [-0.25, -0.2) is 18.5 Å². The summed E-state index contributed by atoms with van der Waals surface area (Å²) in [5, 5.41) is 10.2. The van der Waals surface area contributed by atoms with Crippen molar-refractivity contribution >= 4 is 33.0 Å². The maximum Gasteiger partial charge on any atom is 0.275 e. The monoisotopic (exact) mass is 417 g/mol. The summed E-state index contributed by atoms with van der Waals surface area (Å²) in [7, 11) is -3.64. The van der Waals surface area contributed by atoms with Crippen LogP contribution in [0.5, 0.6) is 5.75 Å². The van der Waals surface area contributed by atoms with E-state index >= 15 is 0 Å². The highest BCUT2D eigenvalue weighted by Gasteiger charge is 2.13. The first-order valence-electron chi connectivity index (χ1n) is 8.43. The number of rotatable bonds is 7. The summed E-state index contributed by atoms with van der Waals surface area (Å²) in [6.07, 6.45) is 0. The molecular weight excluding hydrogens is 398 g/mol. The van der Waals surface area contributed by atoms with E-state index in [0.717, 1.165) is 16.3 Å². The van der Waals surface area contributed by atoms with Crippen LogP contribution in [0.3, 0.4) is 0 Å². The van der Waals surface area contributed by atoms with Crippen LogP contribution in [0.4, 0.5) is 5.69 Å². The molecule has 146 valence electrons. The van der Waals surface area contributed by atoms with Gasteiger partial charge in [0.1, 0.15) is 16.5 Å². The zero-order valence-electron chi connectivity index (χ0n) is 15.1. The highest BCUT2D eigenvalue weighted by molar-refractivity contribution is 7.88. The van der Waals surface area contributed by atoms with Crippen LogP contribution >= 0.6 is 11.3 Å². The number of carbonyl (C=O) groups excluding carboxylic acids is 1. The number of sulfonamides is 1. The minimum atomic E-state index is -3.64. The molecule has 1 heterocycles.